The molecule has 0 radical (unpaired) electrons. The van der Waals surface area contributed by atoms with E-state index in [1.807, 2.05) is 26.0 Å². The third-order valence-corrected chi connectivity index (χ3v) is 5.65. The van der Waals surface area contributed by atoms with E-state index in [1.165, 1.54) is 0 Å². The number of carbonyl (C=O) groups is 2. The quantitative estimate of drug-likeness (QED) is 0.682. The molecule has 2 unspecified atom stereocenters. The van der Waals surface area contributed by atoms with Crippen LogP contribution in [-0.2, 0) is 16.0 Å². The predicted octanol–water partition coefficient (Wildman–Crippen LogP) is 1.50. The number of rotatable bonds is 6. The Morgan fingerprint density at radius 2 is 2.11 bits per heavy atom. The fourth-order valence-corrected chi connectivity index (χ4v) is 3.83. The first-order valence-corrected chi connectivity index (χ1v) is 10.1. The Morgan fingerprint density at radius 3 is 2.82 bits per heavy atom. The van der Waals surface area contributed by atoms with Crippen LogP contribution in [0.4, 0.5) is 4.79 Å². The van der Waals surface area contributed by atoms with Gasteiger partial charge in [0.15, 0.2) is 0 Å². The van der Waals surface area contributed by atoms with Crippen molar-refractivity contribution in [1.82, 2.24) is 26.1 Å². The Hall–Kier alpha value is -2.19. The average molecular weight is 390 g/mol. The minimum atomic E-state index is -0.249. The number of aryl methyl sites for hydroxylation is 1. The molecule has 0 spiro atoms. The highest BCUT2D eigenvalue weighted by molar-refractivity contribution is 5.78. The van der Waals surface area contributed by atoms with Crippen LogP contribution in [0.2, 0.25) is 0 Å². The average Bonchev–Trinajstić information content (AvgIpc) is 3.32. The van der Waals surface area contributed by atoms with Crippen molar-refractivity contribution in [3.63, 3.8) is 0 Å². The van der Waals surface area contributed by atoms with Crippen molar-refractivity contribution in [3.8, 4) is 0 Å². The molecule has 0 aromatic carbocycles. The van der Waals surface area contributed by atoms with Gasteiger partial charge in [-0.1, -0.05) is 6.07 Å². The second kappa shape index (κ2) is 9.34. The number of hydrogen-bond donors (Lipinski definition) is 3. The molecule has 1 aliphatic carbocycles. The number of hydrogen-bond acceptors (Lipinski definition) is 6. The number of pyridine rings is 1. The summed E-state index contributed by atoms with van der Waals surface area (Å²) in [5.74, 6) is 0.409. The Kier molecular flexibility index (Phi) is 6.85. The van der Waals surface area contributed by atoms with E-state index in [9.17, 15) is 9.59 Å². The molecular formula is C20H31N5O3. The Morgan fingerprint density at radius 1 is 1.29 bits per heavy atom. The molecule has 1 aliphatic heterocycles. The lowest BCUT2D eigenvalue weighted by Crippen LogP contribution is -2.45. The number of nitrogens with one attached hydrogen (secondary N) is 3. The van der Waals surface area contributed by atoms with Crippen LogP contribution in [0.15, 0.2) is 18.3 Å². The lowest BCUT2D eigenvalue weighted by molar-refractivity contribution is -0.121. The second-order valence-corrected chi connectivity index (χ2v) is 7.83. The monoisotopic (exact) mass is 389 g/mol. The lowest BCUT2D eigenvalue weighted by atomic mass is 9.96. The van der Waals surface area contributed by atoms with Crippen molar-refractivity contribution in [2.45, 2.75) is 64.3 Å². The van der Waals surface area contributed by atoms with Crippen LogP contribution < -0.4 is 16.2 Å². The van der Waals surface area contributed by atoms with Gasteiger partial charge in [-0.05, 0) is 57.1 Å². The van der Waals surface area contributed by atoms with E-state index in [2.05, 4.69) is 21.2 Å². The number of amides is 2. The summed E-state index contributed by atoms with van der Waals surface area (Å²) in [5.41, 5.74) is 8.33. The SMILES string of the molecule is CCN(C)C(=O)O[C@@H]1CC[C@H](C2CC(NC(=O)Cc3ccc(C)nc3)NN2)C1. The van der Waals surface area contributed by atoms with Gasteiger partial charge in [-0.15, -0.1) is 0 Å². The first-order chi connectivity index (χ1) is 13.4. The van der Waals surface area contributed by atoms with Crippen LogP contribution in [0.25, 0.3) is 0 Å². The molecule has 1 aromatic heterocycles. The maximum Gasteiger partial charge on any atom is 0.409 e. The van der Waals surface area contributed by atoms with Crippen LogP contribution in [0.3, 0.4) is 0 Å². The lowest BCUT2D eigenvalue weighted by Gasteiger charge is -2.20. The summed E-state index contributed by atoms with van der Waals surface area (Å²) in [4.78, 5) is 30.0. The highest BCUT2D eigenvalue weighted by Gasteiger charge is 2.37. The Balaban J connectivity index is 1.41. The molecule has 2 heterocycles. The molecule has 154 valence electrons. The predicted molar refractivity (Wildman–Crippen MR) is 105 cm³/mol. The van der Waals surface area contributed by atoms with Crippen LogP contribution in [0.1, 0.15) is 43.9 Å². The number of hydrazine groups is 1. The van der Waals surface area contributed by atoms with Gasteiger partial charge in [-0.3, -0.25) is 15.2 Å². The van der Waals surface area contributed by atoms with Crippen molar-refractivity contribution >= 4 is 12.0 Å². The summed E-state index contributed by atoms with van der Waals surface area (Å²) in [6.07, 6.45) is 5.29. The molecule has 2 amide bonds. The van der Waals surface area contributed by atoms with Crippen molar-refractivity contribution in [1.29, 1.82) is 0 Å². The van der Waals surface area contributed by atoms with E-state index in [0.29, 0.717) is 18.9 Å². The molecular weight excluding hydrogens is 358 g/mol. The Bertz CT molecular complexity index is 681. The van der Waals surface area contributed by atoms with Crippen molar-refractivity contribution in [2.24, 2.45) is 5.92 Å². The number of carbonyl (C=O) groups excluding carboxylic acids is 2. The van der Waals surface area contributed by atoms with Crippen molar-refractivity contribution < 1.29 is 14.3 Å². The summed E-state index contributed by atoms with van der Waals surface area (Å²) in [5, 5.41) is 3.03. The first kappa shape index (κ1) is 20.5. The van der Waals surface area contributed by atoms with Crippen molar-refractivity contribution in [3.05, 3.63) is 29.6 Å². The van der Waals surface area contributed by atoms with Gasteiger partial charge in [0.25, 0.3) is 0 Å². The van der Waals surface area contributed by atoms with Gasteiger partial charge in [0.1, 0.15) is 6.10 Å². The van der Waals surface area contributed by atoms with E-state index < -0.39 is 0 Å². The zero-order valence-electron chi connectivity index (χ0n) is 16.9. The third kappa shape index (κ3) is 5.42. The van der Waals surface area contributed by atoms with E-state index in [-0.39, 0.29) is 30.3 Å². The largest absolute Gasteiger partial charge is 0.446 e. The maximum absolute atomic E-state index is 12.3. The summed E-state index contributed by atoms with van der Waals surface area (Å²) in [6.45, 7) is 4.49. The number of ether oxygens (including phenoxy) is 1. The summed E-state index contributed by atoms with van der Waals surface area (Å²) >= 11 is 0. The minimum Gasteiger partial charge on any atom is -0.446 e. The molecule has 1 saturated carbocycles. The Labute approximate surface area is 166 Å². The summed E-state index contributed by atoms with van der Waals surface area (Å²) in [6, 6.07) is 4.11. The van der Waals surface area contributed by atoms with Crippen LogP contribution in [-0.4, -0.2) is 53.8 Å². The topological polar surface area (TPSA) is 95.6 Å². The van der Waals surface area contributed by atoms with Gasteiger partial charge < -0.3 is 15.0 Å². The van der Waals surface area contributed by atoms with Gasteiger partial charge >= 0.3 is 6.09 Å². The smallest absolute Gasteiger partial charge is 0.409 e. The normalized spacial score (nSPS) is 26.8. The highest BCUT2D eigenvalue weighted by Crippen LogP contribution is 2.33. The zero-order valence-corrected chi connectivity index (χ0v) is 16.9. The van der Waals surface area contributed by atoms with Gasteiger partial charge in [0, 0.05) is 31.5 Å². The minimum absolute atomic E-state index is 0.0176. The summed E-state index contributed by atoms with van der Waals surface area (Å²) in [7, 11) is 1.75. The molecule has 28 heavy (non-hydrogen) atoms. The number of aromatic nitrogens is 1. The molecule has 0 bridgehead atoms. The van der Waals surface area contributed by atoms with E-state index in [0.717, 1.165) is 36.9 Å². The van der Waals surface area contributed by atoms with Gasteiger partial charge in [0.2, 0.25) is 5.91 Å². The number of nitrogens with zero attached hydrogens (tertiary/aromatic N) is 2. The van der Waals surface area contributed by atoms with E-state index in [4.69, 9.17) is 4.74 Å². The van der Waals surface area contributed by atoms with Gasteiger partial charge in [-0.2, -0.15) is 0 Å². The zero-order chi connectivity index (χ0) is 20.1. The van der Waals surface area contributed by atoms with Crippen LogP contribution in [0, 0.1) is 12.8 Å². The molecule has 8 heteroatoms. The molecule has 3 N–H and O–H groups in total. The maximum atomic E-state index is 12.3. The second-order valence-electron chi connectivity index (χ2n) is 7.83. The first-order valence-electron chi connectivity index (χ1n) is 10.1. The molecule has 4 atom stereocenters. The summed E-state index contributed by atoms with van der Waals surface area (Å²) < 4.78 is 5.58. The molecule has 1 aromatic rings. The van der Waals surface area contributed by atoms with Gasteiger partial charge in [-0.25, -0.2) is 10.2 Å². The molecule has 2 fully saturated rings. The van der Waals surface area contributed by atoms with Crippen molar-refractivity contribution in [2.75, 3.05) is 13.6 Å². The molecule has 2 aliphatic rings. The molecule has 8 nitrogen and oxygen atoms in total. The van der Waals surface area contributed by atoms with E-state index >= 15 is 0 Å². The van der Waals surface area contributed by atoms with Crippen LogP contribution in [0.5, 0.6) is 0 Å². The fraction of sp³-hybridized carbons (Fsp3) is 0.650. The third-order valence-electron chi connectivity index (χ3n) is 5.65. The standard InChI is InChI=1S/C20H31N5O3/c1-4-25(3)20(27)28-16-8-7-15(10-16)17-11-18(24-23-17)22-19(26)9-14-6-5-13(2)21-12-14/h5-6,12,15-18,23-24H,4,7-11H2,1-3H3,(H,22,26)/t15-,16+,17?,18?/m0/s1. The molecule has 3 rings (SSSR count). The molecule has 1 saturated heterocycles. The van der Waals surface area contributed by atoms with E-state index in [1.54, 1.807) is 18.1 Å². The highest BCUT2D eigenvalue weighted by atomic mass is 16.6. The fourth-order valence-electron chi connectivity index (χ4n) is 3.83. The van der Waals surface area contributed by atoms with Crippen LogP contribution >= 0.6 is 0 Å². The van der Waals surface area contributed by atoms with Gasteiger partial charge in [0.05, 0.1) is 12.6 Å².